The molecule has 2 nitrogen and oxygen atoms in total. The van der Waals surface area contributed by atoms with Gasteiger partial charge >= 0.3 is 0 Å². The molecule has 17 heavy (non-hydrogen) atoms. The molecule has 1 N–H and O–H groups in total. The van der Waals surface area contributed by atoms with Gasteiger partial charge in [-0.1, -0.05) is 41.4 Å². The number of hydrogen-bond acceptors (Lipinski definition) is 1. The molecule has 1 amide bonds. The van der Waals surface area contributed by atoms with Crippen molar-refractivity contribution in [3.63, 3.8) is 0 Å². The minimum absolute atomic E-state index is 0.0752. The van der Waals surface area contributed by atoms with Gasteiger partial charge in [0, 0.05) is 22.0 Å². The molecule has 0 bridgehead atoms. The summed E-state index contributed by atoms with van der Waals surface area (Å²) < 4.78 is 0. The first-order valence-electron chi connectivity index (χ1n) is 5.58. The molecule has 1 atom stereocenters. The molecular formula is C13H17BrClNO. The van der Waals surface area contributed by atoms with Crippen LogP contribution < -0.4 is 5.32 Å². The summed E-state index contributed by atoms with van der Waals surface area (Å²) in [5, 5.41) is 4.33. The van der Waals surface area contributed by atoms with Crippen molar-refractivity contribution in [2.45, 2.75) is 26.8 Å². The van der Waals surface area contributed by atoms with Crippen molar-refractivity contribution in [3.8, 4) is 0 Å². The summed E-state index contributed by atoms with van der Waals surface area (Å²) in [6, 6.07) is 5.49. The third-order valence-corrected chi connectivity index (χ3v) is 3.51. The van der Waals surface area contributed by atoms with E-state index in [-0.39, 0.29) is 11.9 Å². The summed E-state index contributed by atoms with van der Waals surface area (Å²) in [6.45, 7) is 6.08. The fourth-order valence-corrected chi connectivity index (χ4v) is 2.70. The van der Waals surface area contributed by atoms with Gasteiger partial charge in [0.05, 0.1) is 0 Å². The Bertz CT molecular complexity index is 386. The van der Waals surface area contributed by atoms with E-state index in [4.69, 9.17) is 11.6 Å². The van der Waals surface area contributed by atoms with E-state index >= 15 is 0 Å². The maximum atomic E-state index is 12.0. The Morgan fingerprint density at radius 2 is 2.06 bits per heavy atom. The smallest absolute Gasteiger partial charge is 0.251 e. The van der Waals surface area contributed by atoms with Crippen LogP contribution in [0, 0.1) is 12.8 Å². The first-order valence-corrected chi connectivity index (χ1v) is 7.08. The average Bonchev–Trinajstić information content (AvgIpc) is 2.23. The molecule has 0 aliphatic carbocycles. The van der Waals surface area contributed by atoms with Crippen LogP contribution in [0.5, 0.6) is 0 Å². The number of carbonyl (C=O) groups is 1. The summed E-state index contributed by atoms with van der Waals surface area (Å²) in [5.41, 5.74) is 1.60. The molecule has 1 rings (SSSR count). The van der Waals surface area contributed by atoms with Crippen LogP contribution in [0.15, 0.2) is 18.2 Å². The highest BCUT2D eigenvalue weighted by Gasteiger charge is 2.16. The van der Waals surface area contributed by atoms with Gasteiger partial charge in [0.1, 0.15) is 0 Å². The van der Waals surface area contributed by atoms with Gasteiger partial charge in [-0.3, -0.25) is 4.79 Å². The highest BCUT2D eigenvalue weighted by Crippen LogP contribution is 2.15. The van der Waals surface area contributed by atoms with Gasteiger partial charge in [-0.2, -0.15) is 0 Å². The van der Waals surface area contributed by atoms with Crippen molar-refractivity contribution in [1.82, 2.24) is 5.32 Å². The number of nitrogens with one attached hydrogen (secondary N) is 1. The van der Waals surface area contributed by atoms with E-state index in [9.17, 15) is 4.79 Å². The Kier molecular flexibility index (Phi) is 5.47. The minimum Gasteiger partial charge on any atom is -0.348 e. The number of halogens is 2. The van der Waals surface area contributed by atoms with E-state index < -0.39 is 0 Å². The van der Waals surface area contributed by atoms with E-state index in [0.29, 0.717) is 16.5 Å². The fraction of sp³-hybridized carbons (Fsp3) is 0.462. The predicted molar refractivity (Wildman–Crippen MR) is 76.1 cm³/mol. The van der Waals surface area contributed by atoms with Gasteiger partial charge in [0.15, 0.2) is 0 Å². The second kappa shape index (κ2) is 6.41. The third kappa shape index (κ3) is 4.32. The first-order chi connectivity index (χ1) is 7.93. The van der Waals surface area contributed by atoms with Gasteiger partial charge in [0.25, 0.3) is 5.91 Å². The van der Waals surface area contributed by atoms with Crippen LogP contribution in [-0.2, 0) is 0 Å². The largest absolute Gasteiger partial charge is 0.348 e. The molecule has 0 saturated heterocycles. The third-order valence-electron chi connectivity index (χ3n) is 2.59. The molecular weight excluding hydrogens is 302 g/mol. The zero-order valence-corrected chi connectivity index (χ0v) is 12.6. The van der Waals surface area contributed by atoms with Crippen LogP contribution in [0.3, 0.4) is 0 Å². The van der Waals surface area contributed by atoms with Crippen LogP contribution in [0.25, 0.3) is 0 Å². The normalized spacial score (nSPS) is 12.6. The van der Waals surface area contributed by atoms with Crippen LogP contribution >= 0.6 is 27.5 Å². The van der Waals surface area contributed by atoms with Gasteiger partial charge in [-0.15, -0.1) is 0 Å². The molecule has 0 spiro atoms. The molecule has 1 unspecified atom stereocenters. The zero-order chi connectivity index (χ0) is 13.0. The van der Waals surface area contributed by atoms with Crippen molar-refractivity contribution >= 4 is 33.4 Å². The summed E-state index contributed by atoms with van der Waals surface area (Å²) in [4.78, 5) is 12.0. The molecule has 0 aromatic heterocycles. The van der Waals surface area contributed by atoms with Crippen molar-refractivity contribution in [2.24, 2.45) is 5.92 Å². The molecule has 4 heteroatoms. The summed E-state index contributed by atoms with van der Waals surface area (Å²) in [7, 11) is 0. The fourth-order valence-electron chi connectivity index (χ4n) is 1.50. The first kappa shape index (κ1) is 14.5. The van der Waals surface area contributed by atoms with E-state index in [1.54, 1.807) is 6.07 Å². The maximum Gasteiger partial charge on any atom is 0.251 e. The Balaban J connectivity index is 2.82. The van der Waals surface area contributed by atoms with Crippen molar-refractivity contribution in [2.75, 3.05) is 5.33 Å². The number of amides is 1. The Morgan fingerprint density at radius 1 is 1.41 bits per heavy atom. The highest BCUT2D eigenvalue weighted by molar-refractivity contribution is 9.09. The second-order valence-electron chi connectivity index (χ2n) is 4.50. The van der Waals surface area contributed by atoms with E-state index in [1.165, 1.54) is 0 Å². The number of hydrogen-bond donors (Lipinski definition) is 1. The quantitative estimate of drug-likeness (QED) is 0.841. The molecule has 0 fully saturated rings. The van der Waals surface area contributed by atoms with Crippen molar-refractivity contribution in [3.05, 3.63) is 34.3 Å². The summed E-state index contributed by atoms with van der Waals surface area (Å²) in [5.74, 6) is 0.312. The van der Waals surface area contributed by atoms with Gasteiger partial charge < -0.3 is 5.32 Å². The summed E-state index contributed by atoms with van der Waals surface area (Å²) >= 11 is 9.34. The van der Waals surface area contributed by atoms with Crippen LogP contribution in [0.1, 0.15) is 29.8 Å². The van der Waals surface area contributed by atoms with Gasteiger partial charge in [-0.05, 0) is 36.6 Å². The maximum absolute atomic E-state index is 12.0. The minimum atomic E-state index is -0.0752. The van der Waals surface area contributed by atoms with Gasteiger partial charge in [0.2, 0.25) is 0 Å². The molecule has 1 aromatic carbocycles. The second-order valence-corrected chi connectivity index (χ2v) is 5.58. The lowest BCUT2D eigenvalue weighted by molar-refractivity contribution is 0.0931. The SMILES string of the molecule is Cc1cc(Cl)cc(C(=O)NC(CBr)C(C)C)c1. The van der Waals surface area contributed by atoms with Crippen LogP contribution in [-0.4, -0.2) is 17.3 Å². The van der Waals surface area contributed by atoms with Crippen molar-refractivity contribution < 1.29 is 4.79 Å². The van der Waals surface area contributed by atoms with Crippen molar-refractivity contribution in [1.29, 1.82) is 0 Å². The van der Waals surface area contributed by atoms with E-state index in [1.807, 2.05) is 19.1 Å². The number of benzene rings is 1. The average molecular weight is 319 g/mol. The molecule has 0 aliphatic heterocycles. The lowest BCUT2D eigenvalue weighted by Gasteiger charge is -2.20. The Hall–Kier alpha value is -0.540. The standard InChI is InChI=1S/C13H17BrClNO/c1-8(2)12(7-14)16-13(17)10-4-9(3)5-11(15)6-10/h4-6,8,12H,7H2,1-3H3,(H,16,17). The molecule has 0 aliphatic rings. The Labute approximate surface area is 116 Å². The molecule has 1 aromatic rings. The highest BCUT2D eigenvalue weighted by atomic mass is 79.9. The lowest BCUT2D eigenvalue weighted by atomic mass is 10.1. The summed E-state index contributed by atoms with van der Waals surface area (Å²) in [6.07, 6.45) is 0. The van der Waals surface area contributed by atoms with Crippen LogP contribution in [0.2, 0.25) is 5.02 Å². The number of aryl methyl sites for hydroxylation is 1. The molecule has 94 valence electrons. The number of alkyl halides is 1. The van der Waals surface area contributed by atoms with Gasteiger partial charge in [-0.25, -0.2) is 0 Å². The molecule has 0 saturated carbocycles. The number of rotatable bonds is 4. The number of carbonyl (C=O) groups excluding carboxylic acids is 1. The molecule has 0 heterocycles. The monoisotopic (exact) mass is 317 g/mol. The Morgan fingerprint density at radius 3 is 2.53 bits per heavy atom. The van der Waals surface area contributed by atoms with E-state index in [0.717, 1.165) is 10.9 Å². The zero-order valence-electron chi connectivity index (χ0n) is 10.3. The molecule has 0 radical (unpaired) electrons. The topological polar surface area (TPSA) is 29.1 Å². The van der Waals surface area contributed by atoms with Crippen LogP contribution in [0.4, 0.5) is 0 Å². The van der Waals surface area contributed by atoms with E-state index in [2.05, 4.69) is 35.1 Å². The lowest BCUT2D eigenvalue weighted by Crippen LogP contribution is -2.39. The predicted octanol–water partition coefficient (Wildman–Crippen LogP) is 3.80.